The molecule has 0 bridgehead atoms. The molecule has 2 fully saturated rings. The van der Waals surface area contributed by atoms with Gasteiger partial charge in [-0.05, 0) is 32.7 Å². The molecule has 0 saturated carbocycles. The molecule has 0 spiro atoms. The van der Waals surface area contributed by atoms with Crippen LogP contribution in [0, 0.1) is 17.8 Å². The van der Waals surface area contributed by atoms with Gasteiger partial charge in [0.25, 0.3) is 0 Å². The van der Waals surface area contributed by atoms with Crippen LogP contribution in [-0.4, -0.2) is 107 Å². The Bertz CT molecular complexity index is 883. The molecule has 3 heterocycles. The summed E-state index contributed by atoms with van der Waals surface area (Å²) in [7, 11) is 1.72. The summed E-state index contributed by atoms with van der Waals surface area (Å²) in [6.07, 6.45) is 1.24. The first-order chi connectivity index (χ1) is 17.1. The molecule has 3 amide bonds. The molecule has 0 aliphatic carbocycles. The molecule has 0 radical (unpaired) electrons. The molecule has 3 aliphatic heterocycles. The molecule has 3 unspecified atom stereocenters. The number of nitrogens with zero attached hydrogens (tertiary/aromatic N) is 2. The lowest BCUT2D eigenvalue weighted by Crippen LogP contribution is -2.43. The van der Waals surface area contributed by atoms with E-state index in [1.54, 1.807) is 14.0 Å². The van der Waals surface area contributed by atoms with Gasteiger partial charge in [-0.15, -0.1) is 11.8 Å². The molecular formula is C24H39N5O6S. The third-order valence-corrected chi connectivity index (χ3v) is 9.07. The van der Waals surface area contributed by atoms with Gasteiger partial charge in [0, 0.05) is 54.2 Å². The van der Waals surface area contributed by atoms with Crippen LogP contribution in [0.3, 0.4) is 0 Å². The van der Waals surface area contributed by atoms with E-state index in [-0.39, 0.29) is 53.1 Å². The van der Waals surface area contributed by atoms with Crippen molar-refractivity contribution >= 4 is 36.0 Å². The highest BCUT2D eigenvalue weighted by Crippen LogP contribution is 2.45. The average molecular weight is 526 g/mol. The quantitative estimate of drug-likeness (QED) is 0.223. The summed E-state index contributed by atoms with van der Waals surface area (Å²) >= 11 is 1.42. The number of likely N-dealkylation sites (tertiary alicyclic amines) is 1. The van der Waals surface area contributed by atoms with Gasteiger partial charge in [-0.25, -0.2) is 4.79 Å². The topological polar surface area (TPSA) is 151 Å². The fourth-order valence-electron chi connectivity index (χ4n) is 5.45. The van der Waals surface area contributed by atoms with E-state index in [0.29, 0.717) is 43.9 Å². The normalized spacial score (nSPS) is 30.0. The van der Waals surface area contributed by atoms with Gasteiger partial charge < -0.3 is 36.0 Å². The highest BCUT2D eigenvalue weighted by molar-refractivity contribution is 8.03. The van der Waals surface area contributed by atoms with E-state index in [2.05, 4.69) is 16.0 Å². The number of carbonyl (C=O) groups is 4. The zero-order valence-electron chi connectivity index (χ0n) is 21.4. The summed E-state index contributed by atoms with van der Waals surface area (Å²) in [5, 5.41) is 29.0. The number of hydrogen-bond acceptors (Lipinski definition) is 8. The number of aliphatic hydroxyl groups excluding tert-OH is 1. The molecule has 11 nitrogen and oxygen atoms in total. The van der Waals surface area contributed by atoms with E-state index >= 15 is 0 Å². The van der Waals surface area contributed by atoms with Crippen LogP contribution < -0.4 is 16.0 Å². The van der Waals surface area contributed by atoms with E-state index in [1.165, 1.54) is 16.7 Å². The first-order valence-electron chi connectivity index (χ1n) is 12.6. The number of likely N-dealkylation sites (N-methyl/N-ethyl adjacent to an activating group) is 1. The van der Waals surface area contributed by atoms with Crippen LogP contribution in [0.15, 0.2) is 10.6 Å². The fraction of sp³-hybridized carbons (Fsp3) is 0.750. The maximum Gasteiger partial charge on any atom is 0.353 e. The molecule has 2 saturated heterocycles. The summed E-state index contributed by atoms with van der Waals surface area (Å²) in [6.45, 7) is 7.97. The van der Waals surface area contributed by atoms with Gasteiger partial charge in [-0.3, -0.25) is 14.4 Å². The Labute approximate surface area is 216 Å². The Morgan fingerprint density at radius 1 is 1.31 bits per heavy atom. The molecule has 3 aliphatic rings. The standard InChI is InChI=1S/C24H39N5O6S/c1-13(15(3)31)20-14(2)22(21(24(34)35)29(20)12-30)36-17-7-18(26-9-17)23(33)28-6-5-16(11-28)8-27-19(32)10-25-4/h12-18,20,25-26,31H,5-11H2,1-4H3,(H,27,32)(H,34,35)/t13-,14?,15-,16?,17+,18+,20?/m1/s1. The molecule has 5 N–H and O–H groups in total. The Balaban J connectivity index is 1.60. The first kappa shape index (κ1) is 28.4. The largest absolute Gasteiger partial charge is 0.477 e. The lowest BCUT2D eigenvalue weighted by Gasteiger charge is -2.32. The molecule has 202 valence electrons. The monoisotopic (exact) mass is 525 g/mol. The van der Waals surface area contributed by atoms with Crippen molar-refractivity contribution in [2.75, 3.05) is 39.8 Å². The summed E-state index contributed by atoms with van der Waals surface area (Å²) in [5.74, 6) is -1.52. The molecule has 12 heteroatoms. The van der Waals surface area contributed by atoms with Gasteiger partial charge in [-0.1, -0.05) is 13.8 Å². The van der Waals surface area contributed by atoms with Crippen molar-refractivity contribution in [3.8, 4) is 0 Å². The summed E-state index contributed by atoms with van der Waals surface area (Å²) in [4.78, 5) is 52.5. The smallest absolute Gasteiger partial charge is 0.353 e. The van der Waals surface area contributed by atoms with Crippen LogP contribution in [0.1, 0.15) is 33.6 Å². The summed E-state index contributed by atoms with van der Waals surface area (Å²) in [6, 6.07) is -0.793. The van der Waals surface area contributed by atoms with Gasteiger partial charge in [0.15, 0.2) is 0 Å². The minimum atomic E-state index is -1.17. The number of aliphatic hydroxyl groups is 1. The van der Waals surface area contributed by atoms with Crippen molar-refractivity contribution in [2.24, 2.45) is 17.8 Å². The molecule has 3 rings (SSSR count). The maximum atomic E-state index is 13.1. The Kier molecular flexibility index (Phi) is 9.79. The number of thioether (sulfide) groups is 1. The molecule has 0 aromatic carbocycles. The molecule has 0 aromatic rings. The van der Waals surface area contributed by atoms with Crippen LogP contribution in [0.25, 0.3) is 0 Å². The molecule has 36 heavy (non-hydrogen) atoms. The number of amides is 3. The Hall–Kier alpha value is -2.15. The maximum absolute atomic E-state index is 13.1. The van der Waals surface area contributed by atoms with Crippen LogP contribution in [0.2, 0.25) is 0 Å². The van der Waals surface area contributed by atoms with Crippen LogP contribution in [0.5, 0.6) is 0 Å². The van der Waals surface area contributed by atoms with E-state index in [0.717, 1.165) is 6.42 Å². The predicted octanol–water partition coefficient (Wildman–Crippen LogP) is -0.576. The minimum absolute atomic E-state index is 0.0147. The lowest BCUT2D eigenvalue weighted by molar-refractivity contribution is -0.137. The summed E-state index contributed by atoms with van der Waals surface area (Å²) < 4.78 is 0. The Morgan fingerprint density at radius 2 is 2.03 bits per heavy atom. The predicted molar refractivity (Wildman–Crippen MR) is 136 cm³/mol. The van der Waals surface area contributed by atoms with Crippen LogP contribution in [0.4, 0.5) is 0 Å². The van der Waals surface area contributed by atoms with Crippen molar-refractivity contribution in [1.29, 1.82) is 0 Å². The van der Waals surface area contributed by atoms with Crippen molar-refractivity contribution in [1.82, 2.24) is 25.8 Å². The second kappa shape index (κ2) is 12.4. The average Bonchev–Trinajstić information content (AvgIpc) is 3.55. The number of carboxylic acids is 1. The molecule has 0 aromatic heterocycles. The van der Waals surface area contributed by atoms with Crippen molar-refractivity contribution < 1.29 is 29.4 Å². The van der Waals surface area contributed by atoms with E-state index < -0.39 is 18.1 Å². The van der Waals surface area contributed by atoms with Crippen molar-refractivity contribution in [3.63, 3.8) is 0 Å². The second-order valence-electron chi connectivity index (χ2n) is 10.1. The number of nitrogens with one attached hydrogen (secondary N) is 3. The number of aliphatic carboxylic acids is 1. The van der Waals surface area contributed by atoms with Gasteiger partial charge in [0.2, 0.25) is 18.2 Å². The fourth-order valence-corrected chi connectivity index (χ4v) is 6.93. The van der Waals surface area contributed by atoms with Crippen LogP contribution >= 0.6 is 11.8 Å². The zero-order valence-corrected chi connectivity index (χ0v) is 22.2. The highest BCUT2D eigenvalue weighted by atomic mass is 32.2. The lowest BCUT2D eigenvalue weighted by atomic mass is 9.88. The van der Waals surface area contributed by atoms with Crippen molar-refractivity contribution in [2.45, 2.75) is 57.1 Å². The third-order valence-electron chi connectivity index (χ3n) is 7.56. The van der Waals surface area contributed by atoms with Gasteiger partial charge in [-0.2, -0.15) is 0 Å². The van der Waals surface area contributed by atoms with Crippen LogP contribution in [-0.2, 0) is 19.2 Å². The van der Waals surface area contributed by atoms with Gasteiger partial charge in [0.1, 0.15) is 5.70 Å². The van der Waals surface area contributed by atoms with Gasteiger partial charge >= 0.3 is 5.97 Å². The molecular weight excluding hydrogens is 486 g/mol. The number of hydrogen-bond donors (Lipinski definition) is 5. The third kappa shape index (κ3) is 6.21. The second-order valence-corrected chi connectivity index (χ2v) is 11.5. The molecule has 7 atom stereocenters. The first-order valence-corrected chi connectivity index (χ1v) is 13.5. The number of carbonyl (C=O) groups excluding carboxylic acids is 3. The number of rotatable bonds is 11. The minimum Gasteiger partial charge on any atom is -0.477 e. The van der Waals surface area contributed by atoms with E-state index in [4.69, 9.17) is 0 Å². The van der Waals surface area contributed by atoms with Crippen molar-refractivity contribution in [3.05, 3.63) is 10.6 Å². The highest BCUT2D eigenvalue weighted by Gasteiger charge is 2.46. The van der Waals surface area contributed by atoms with Gasteiger partial charge in [0.05, 0.1) is 18.7 Å². The Morgan fingerprint density at radius 3 is 2.64 bits per heavy atom. The zero-order chi connectivity index (χ0) is 26.6. The summed E-state index contributed by atoms with van der Waals surface area (Å²) in [5.41, 5.74) is -0.0301. The number of carboxylic acid groups (broad SMARTS) is 1. The van der Waals surface area contributed by atoms with E-state index in [1.807, 2.05) is 18.7 Å². The van der Waals surface area contributed by atoms with E-state index in [9.17, 15) is 29.4 Å². The SMILES string of the molecule is CNCC(=O)NCC1CCN(C(=O)[C@@H]2C[C@H](SC3=C(C(=O)O)N(C=O)C([C@H](C)[C@@H](C)O)C3C)CN2)C1.